The number of aliphatic hydroxyl groups is 4. The van der Waals surface area contributed by atoms with E-state index in [0.29, 0.717) is 13.1 Å². The smallest absolute Gasteiger partial charge is 0.164 e. The van der Waals surface area contributed by atoms with Gasteiger partial charge in [-0.25, -0.2) is 0 Å². The number of hydrogen-bond donors (Lipinski definition) is 4. The van der Waals surface area contributed by atoms with Gasteiger partial charge in [0.05, 0.1) is 24.2 Å². The van der Waals surface area contributed by atoms with Crippen molar-refractivity contribution < 1.29 is 58.3 Å². The highest BCUT2D eigenvalue weighted by Crippen LogP contribution is 2.41. The van der Waals surface area contributed by atoms with Gasteiger partial charge in [-0.05, 0) is 81.3 Å². The van der Waals surface area contributed by atoms with E-state index >= 15 is 0 Å². The fraction of sp³-hybridized carbons (Fsp3) is 0.818. The summed E-state index contributed by atoms with van der Waals surface area (Å²) in [6.45, 7) is 16.2. The number of ether oxygens (including phenoxy) is 8. The Labute approximate surface area is 343 Å². The van der Waals surface area contributed by atoms with E-state index in [0.717, 1.165) is 38.5 Å². The highest BCUT2D eigenvalue weighted by Gasteiger charge is 2.55. The molecule has 8 rings (SSSR count). The first kappa shape index (κ1) is 43.1. The zero-order chi connectivity index (χ0) is 41.4. The monoisotopic (exact) mass is 816 g/mol. The molecule has 16 atom stereocenters. The van der Waals surface area contributed by atoms with Crippen molar-refractivity contribution in [1.29, 1.82) is 0 Å². The summed E-state index contributed by atoms with van der Waals surface area (Å²) in [6, 6.07) is -1.56. The summed E-state index contributed by atoms with van der Waals surface area (Å²) in [6.07, 6.45) is 14.9. The molecular formula is C44H68N2O12. The molecule has 4 aliphatic carbocycles. The van der Waals surface area contributed by atoms with E-state index in [9.17, 15) is 20.4 Å². The molecule has 8 aliphatic rings. The third-order valence-corrected chi connectivity index (χ3v) is 13.0. The Balaban J connectivity index is 0.885. The van der Waals surface area contributed by atoms with Crippen molar-refractivity contribution in [2.75, 3.05) is 13.1 Å². The second-order valence-electron chi connectivity index (χ2n) is 19.3. The maximum absolute atomic E-state index is 11.7. The molecule has 4 aliphatic heterocycles. The van der Waals surface area contributed by atoms with E-state index in [4.69, 9.17) is 37.9 Å². The van der Waals surface area contributed by atoms with Crippen LogP contribution in [-0.4, -0.2) is 164 Å². The second-order valence-corrected chi connectivity index (χ2v) is 19.3. The topological polar surface area (TPSA) is 161 Å². The van der Waals surface area contributed by atoms with Crippen molar-refractivity contribution in [2.24, 2.45) is 0 Å². The van der Waals surface area contributed by atoms with Crippen LogP contribution in [-0.2, 0) is 37.9 Å². The van der Waals surface area contributed by atoms with Crippen LogP contribution in [0.4, 0.5) is 0 Å². The van der Waals surface area contributed by atoms with Crippen molar-refractivity contribution in [3.63, 3.8) is 0 Å². The number of fused-ring (bicyclic) bond motifs is 4. The van der Waals surface area contributed by atoms with Gasteiger partial charge in [0, 0.05) is 0 Å². The molecule has 4 saturated heterocycles. The molecule has 0 radical (unpaired) electrons. The van der Waals surface area contributed by atoms with E-state index < -0.39 is 72.0 Å². The third kappa shape index (κ3) is 8.72. The zero-order valence-corrected chi connectivity index (χ0v) is 35.5. The van der Waals surface area contributed by atoms with Crippen molar-refractivity contribution >= 4 is 0 Å². The minimum absolute atomic E-state index is 0.333. The molecular weight excluding hydrogens is 748 g/mol. The number of aliphatic hydroxyl groups excluding tert-OH is 4. The highest BCUT2D eigenvalue weighted by molar-refractivity contribution is 5.22. The maximum Gasteiger partial charge on any atom is 0.164 e. The summed E-state index contributed by atoms with van der Waals surface area (Å²) in [4.78, 5) is 4.38. The molecule has 0 aromatic heterocycles. The molecule has 4 fully saturated rings. The molecule has 326 valence electrons. The lowest BCUT2D eigenvalue weighted by Crippen LogP contribution is -2.60. The SMILES string of the molecule is CC1(C)O[C@H]2[C@H](O)[C@@H](N(CCCCCCCCN([C@H]3C=C[C@H]4OC(C)(C)O[C@H]4[C@@H]3O)[C@H]3C=C[C@H]4OC(C)(C)O[C@H]4[C@@H]3O)[C@H]3C=C[C@H]4OC(C)(C)O[C@H]4[C@@H]3O)C=C[C@H]2O1. The van der Waals surface area contributed by atoms with E-state index in [-0.39, 0.29) is 48.6 Å². The summed E-state index contributed by atoms with van der Waals surface area (Å²) in [5.41, 5.74) is 0. The summed E-state index contributed by atoms with van der Waals surface area (Å²) in [5, 5.41) is 46.8. The van der Waals surface area contributed by atoms with Crippen LogP contribution in [0.3, 0.4) is 0 Å². The summed E-state index contributed by atoms with van der Waals surface area (Å²) in [7, 11) is 0. The fourth-order valence-corrected chi connectivity index (χ4v) is 10.6. The Morgan fingerprint density at radius 3 is 0.810 bits per heavy atom. The van der Waals surface area contributed by atoms with E-state index in [1.165, 1.54) is 0 Å². The number of unbranched alkanes of at least 4 members (excludes halogenated alkanes) is 5. The lowest BCUT2D eigenvalue weighted by molar-refractivity contribution is -0.162. The lowest BCUT2D eigenvalue weighted by Gasteiger charge is -2.45. The van der Waals surface area contributed by atoms with Gasteiger partial charge in [0.2, 0.25) is 0 Å². The van der Waals surface area contributed by atoms with Crippen molar-refractivity contribution in [2.45, 2.75) is 214 Å². The van der Waals surface area contributed by atoms with Crippen molar-refractivity contribution in [3.05, 3.63) is 48.6 Å². The summed E-state index contributed by atoms with van der Waals surface area (Å²) >= 11 is 0. The Bertz CT molecular complexity index is 1360. The number of hydrogen-bond acceptors (Lipinski definition) is 14. The Kier molecular flexibility index (Phi) is 12.1. The van der Waals surface area contributed by atoms with Crippen LogP contribution in [0, 0.1) is 0 Å². The van der Waals surface area contributed by atoms with Gasteiger partial charge in [-0.3, -0.25) is 9.80 Å². The van der Waals surface area contributed by atoms with Gasteiger partial charge < -0.3 is 58.3 Å². The first-order chi connectivity index (χ1) is 27.3. The molecule has 4 N–H and O–H groups in total. The maximum atomic E-state index is 11.7. The van der Waals surface area contributed by atoms with E-state index in [1.807, 2.05) is 104 Å². The molecule has 4 heterocycles. The van der Waals surface area contributed by atoms with E-state index in [2.05, 4.69) is 9.80 Å². The van der Waals surface area contributed by atoms with Gasteiger partial charge >= 0.3 is 0 Å². The molecule has 14 heteroatoms. The normalized spacial score (nSPS) is 45.1. The van der Waals surface area contributed by atoms with Gasteiger partial charge in [-0.2, -0.15) is 0 Å². The van der Waals surface area contributed by atoms with Gasteiger partial charge in [0.25, 0.3) is 0 Å². The molecule has 0 saturated carbocycles. The van der Waals surface area contributed by atoms with Crippen LogP contribution in [0.15, 0.2) is 48.6 Å². The standard InChI is InChI=1S/C44H68N2O12/c1-41(2)51-29-19-15-25(33(47)37(29)55-41)45(26-16-20-30-38(34(26)48)56-42(3,4)52-30)23-13-11-9-10-12-14-24-46(27-17-21-31-39(35(27)49)57-43(5,6)53-31)28-18-22-32-40(36(28)50)58-44(7,8)54-32/h15-22,25-40,47-50H,9-14,23-24H2,1-8H3/t25-,26-,27-,28-,29+,30+,31+,32+,33+,34+,35+,36+,37+,38+,39+,40+/m0/s1. The van der Waals surface area contributed by atoms with Crippen LogP contribution in [0.1, 0.15) is 93.9 Å². The lowest BCUT2D eigenvalue weighted by atomic mass is 9.87. The minimum atomic E-state index is -0.847. The largest absolute Gasteiger partial charge is 0.388 e. The molecule has 0 aromatic rings. The quantitative estimate of drug-likeness (QED) is 0.159. The van der Waals surface area contributed by atoms with Crippen LogP contribution in [0.5, 0.6) is 0 Å². The Morgan fingerprint density at radius 2 is 0.569 bits per heavy atom. The highest BCUT2D eigenvalue weighted by atomic mass is 16.8. The number of nitrogens with zero attached hydrogens (tertiary/aromatic N) is 2. The van der Waals surface area contributed by atoms with Crippen LogP contribution >= 0.6 is 0 Å². The minimum Gasteiger partial charge on any atom is -0.388 e. The predicted molar refractivity (Wildman–Crippen MR) is 212 cm³/mol. The van der Waals surface area contributed by atoms with Gasteiger partial charge in [0.1, 0.15) is 73.2 Å². The fourth-order valence-electron chi connectivity index (χ4n) is 10.6. The molecule has 0 unspecified atom stereocenters. The van der Waals surface area contributed by atoms with Gasteiger partial charge in [-0.1, -0.05) is 74.3 Å². The molecule has 0 amide bonds. The van der Waals surface area contributed by atoms with Gasteiger partial charge in [-0.15, -0.1) is 0 Å². The molecule has 0 spiro atoms. The Morgan fingerprint density at radius 1 is 0.345 bits per heavy atom. The zero-order valence-electron chi connectivity index (χ0n) is 35.5. The predicted octanol–water partition coefficient (Wildman–Crippen LogP) is 3.21. The first-order valence-corrected chi connectivity index (χ1v) is 21.7. The number of rotatable bonds is 13. The molecule has 58 heavy (non-hydrogen) atoms. The van der Waals surface area contributed by atoms with Crippen LogP contribution in [0.2, 0.25) is 0 Å². The van der Waals surface area contributed by atoms with Crippen LogP contribution < -0.4 is 0 Å². The van der Waals surface area contributed by atoms with Crippen molar-refractivity contribution in [1.82, 2.24) is 9.80 Å². The molecule has 0 aromatic carbocycles. The summed E-state index contributed by atoms with van der Waals surface area (Å²) in [5.74, 6) is -3.19. The van der Waals surface area contributed by atoms with Crippen molar-refractivity contribution in [3.8, 4) is 0 Å². The van der Waals surface area contributed by atoms with Gasteiger partial charge in [0.15, 0.2) is 23.1 Å². The first-order valence-electron chi connectivity index (χ1n) is 21.7. The third-order valence-electron chi connectivity index (χ3n) is 13.0. The average Bonchev–Trinajstić information content (AvgIpc) is 3.85. The molecule has 14 nitrogen and oxygen atoms in total. The van der Waals surface area contributed by atoms with Crippen LogP contribution in [0.25, 0.3) is 0 Å². The average molecular weight is 817 g/mol. The molecule has 0 bridgehead atoms. The Hall–Kier alpha value is -1.60. The summed E-state index contributed by atoms with van der Waals surface area (Å²) < 4.78 is 48.8. The second kappa shape index (κ2) is 16.3. The van der Waals surface area contributed by atoms with E-state index in [1.54, 1.807) is 0 Å².